The molecule has 0 heterocycles. The van der Waals surface area contributed by atoms with Gasteiger partial charge in [0.05, 0.1) is 11.6 Å². The molecular formula is C11H16BrNO3. The summed E-state index contributed by atoms with van der Waals surface area (Å²) in [5, 5.41) is 3.08. The smallest absolute Gasteiger partial charge is 0.188 e. The van der Waals surface area contributed by atoms with Gasteiger partial charge in [-0.3, -0.25) is 0 Å². The number of hydrogen-bond acceptors (Lipinski definition) is 4. The lowest BCUT2D eigenvalue weighted by Crippen LogP contribution is -2.06. The van der Waals surface area contributed by atoms with Crippen molar-refractivity contribution in [2.24, 2.45) is 0 Å². The summed E-state index contributed by atoms with van der Waals surface area (Å²) in [5.41, 5.74) is 1.12. The second kappa shape index (κ2) is 6.73. The van der Waals surface area contributed by atoms with Crippen LogP contribution in [0.25, 0.3) is 0 Å². The zero-order valence-electron chi connectivity index (χ0n) is 9.67. The number of nitrogens with one attached hydrogen (secondary N) is 1. The maximum absolute atomic E-state index is 5.43. The summed E-state index contributed by atoms with van der Waals surface area (Å²) < 4.78 is 16.4. The van der Waals surface area contributed by atoms with Crippen molar-refractivity contribution in [2.45, 2.75) is 6.54 Å². The molecule has 1 aromatic carbocycles. The van der Waals surface area contributed by atoms with Crippen molar-refractivity contribution in [2.75, 3.05) is 28.1 Å². The monoisotopic (exact) mass is 289 g/mol. The molecule has 0 amide bonds. The van der Waals surface area contributed by atoms with Crippen molar-refractivity contribution in [3.63, 3.8) is 0 Å². The van der Waals surface area contributed by atoms with Crippen LogP contribution in [-0.2, 0) is 11.3 Å². The van der Waals surface area contributed by atoms with Crippen molar-refractivity contribution in [1.82, 2.24) is 5.32 Å². The average molecular weight is 290 g/mol. The van der Waals surface area contributed by atoms with E-state index in [1.54, 1.807) is 14.2 Å². The summed E-state index contributed by atoms with van der Waals surface area (Å²) in [6, 6.07) is 3.93. The zero-order valence-corrected chi connectivity index (χ0v) is 11.3. The quantitative estimate of drug-likeness (QED) is 0.815. The SMILES string of the molecule is CNCc1cc(Br)c(OCOC)c(OC)c1. The fraction of sp³-hybridized carbons (Fsp3) is 0.455. The molecule has 0 aliphatic heterocycles. The number of ether oxygens (including phenoxy) is 3. The van der Waals surface area contributed by atoms with Crippen molar-refractivity contribution >= 4 is 15.9 Å². The van der Waals surface area contributed by atoms with E-state index in [1.165, 1.54) is 0 Å². The van der Waals surface area contributed by atoms with Crippen molar-refractivity contribution in [1.29, 1.82) is 0 Å². The van der Waals surface area contributed by atoms with Crippen LogP contribution in [0.1, 0.15) is 5.56 Å². The highest BCUT2D eigenvalue weighted by molar-refractivity contribution is 9.10. The molecule has 4 nitrogen and oxygen atoms in total. The largest absolute Gasteiger partial charge is 0.493 e. The Morgan fingerprint density at radius 2 is 2.06 bits per heavy atom. The van der Waals surface area contributed by atoms with Crippen LogP contribution in [0.15, 0.2) is 16.6 Å². The minimum atomic E-state index is 0.195. The molecule has 0 unspecified atom stereocenters. The van der Waals surface area contributed by atoms with E-state index in [2.05, 4.69) is 21.2 Å². The molecule has 0 saturated carbocycles. The van der Waals surface area contributed by atoms with Gasteiger partial charge in [0.25, 0.3) is 0 Å². The third-order valence-electron chi connectivity index (χ3n) is 1.99. The normalized spacial score (nSPS) is 10.2. The highest BCUT2D eigenvalue weighted by atomic mass is 79.9. The second-order valence-electron chi connectivity index (χ2n) is 3.19. The third-order valence-corrected chi connectivity index (χ3v) is 2.58. The first-order valence-electron chi connectivity index (χ1n) is 4.85. The van der Waals surface area contributed by atoms with Gasteiger partial charge in [0.2, 0.25) is 0 Å². The van der Waals surface area contributed by atoms with E-state index in [9.17, 15) is 0 Å². The number of methoxy groups -OCH3 is 2. The van der Waals surface area contributed by atoms with E-state index in [4.69, 9.17) is 14.2 Å². The molecule has 0 aliphatic carbocycles. The Bertz CT molecular complexity index is 344. The zero-order chi connectivity index (χ0) is 12.0. The number of benzene rings is 1. The van der Waals surface area contributed by atoms with Crippen LogP contribution in [0.4, 0.5) is 0 Å². The molecular weight excluding hydrogens is 274 g/mol. The first kappa shape index (κ1) is 13.3. The van der Waals surface area contributed by atoms with Crippen molar-refractivity contribution < 1.29 is 14.2 Å². The third kappa shape index (κ3) is 3.37. The Balaban J connectivity index is 2.97. The Hall–Kier alpha value is -0.780. The van der Waals surface area contributed by atoms with Crippen LogP contribution in [0.3, 0.4) is 0 Å². The van der Waals surface area contributed by atoms with Gasteiger partial charge in [-0.25, -0.2) is 0 Å². The lowest BCUT2D eigenvalue weighted by atomic mass is 10.2. The summed E-state index contributed by atoms with van der Waals surface area (Å²) in [7, 11) is 5.09. The van der Waals surface area contributed by atoms with Gasteiger partial charge < -0.3 is 19.5 Å². The number of hydrogen-bond donors (Lipinski definition) is 1. The van der Waals surface area contributed by atoms with Crippen LogP contribution >= 0.6 is 15.9 Å². The molecule has 0 atom stereocenters. The van der Waals surface area contributed by atoms with Crippen LogP contribution < -0.4 is 14.8 Å². The molecule has 0 saturated heterocycles. The van der Waals surface area contributed by atoms with Gasteiger partial charge >= 0.3 is 0 Å². The standard InChI is InChI=1S/C11H16BrNO3/c1-13-6-8-4-9(12)11(16-7-14-2)10(5-8)15-3/h4-5,13H,6-7H2,1-3H3. The summed E-state index contributed by atoms with van der Waals surface area (Å²) >= 11 is 3.45. The number of rotatable bonds is 6. The Kier molecular flexibility index (Phi) is 5.59. The maximum Gasteiger partial charge on any atom is 0.188 e. The lowest BCUT2D eigenvalue weighted by molar-refractivity contribution is 0.0486. The highest BCUT2D eigenvalue weighted by Crippen LogP contribution is 2.36. The molecule has 0 spiro atoms. The first-order valence-corrected chi connectivity index (χ1v) is 5.65. The lowest BCUT2D eigenvalue weighted by Gasteiger charge is -2.13. The van der Waals surface area contributed by atoms with Crippen LogP contribution in [0.2, 0.25) is 0 Å². The van der Waals surface area contributed by atoms with E-state index in [0.29, 0.717) is 11.5 Å². The van der Waals surface area contributed by atoms with Gasteiger partial charge in [-0.15, -0.1) is 0 Å². The molecule has 0 radical (unpaired) electrons. The molecule has 0 fully saturated rings. The molecule has 5 heteroatoms. The van der Waals surface area contributed by atoms with Crippen LogP contribution in [-0.4, -0.2) is 28.1 Å². The fourth-order valence-electron chi connectivity index (χ4n) is 1.34. The van der Waals surface area contributed by atoms with Gasteiger partial charge in [-0.05, 0) is 40.7 Å². The van der Waals surface area contributed by atoms with E-state index >= 15 is 0 Å². The minimum absolute atomic E-state index is 0.195. The Morgan fingerprint density at radius 1 is 1.31 bits per heavy atom. The van der Waals surface area contributed by atoms with Crippen LogP contribution in [0, 0.1) is 0 Å². The Labute approximate surface area is 104 Å². The van der Waals surface area contributed by atoms with Gasteiger partial charge in [0, 0.05) is 13.7 Å². The summed E-state index contributed by atoms with van der Waals surface area (Å²) in [5.74, 6) is 1.35. The second-order valence-corrected chi connectivity index (χ2v) is 4.04. The molecule has 1 rings (SSSR count). The molecule has 0 aliphatic rings. The number of halogens is 1. The molecule has 1 N–H and O–H groups in total. The van der Waals surface area contributed by atoms with Crippen molar-refractivity contribution in [3.05, 3.63) is 22.2 Å². The van der Waals surface area contributed by atoms with E-state index in [1.807, 2.05) is 19.2 Å². The summed E-state index contributed by atoms with van der Waals surface area (Å²) in [6.45, 7) is 0.972. The van der Waals surface area contributed by atoms with E-state index in [0.717, 1.165) is 16.6 Å². The average Bonchev–Trinajstić information content (AvgIpc) is 2.27. The van der Waals surface area contributed by atoms with E-state index < -0.39 is 0 Å². The van der Waals surface area contributed by atoms with E-state index in [-0.39, 0.29) is 6.79 Å². The molecule has 0 bridgehead atoms. The highest BCUT2D eigenvalue weighted by Gasteiger charge is 2.11. The van der Waals surface area contributed by atoms with Gasteiger partial charge in [0.1, 0.15) is 0 Å². The predicted octanol–water partition coefficient (Wildman–Crippen LogP) is 2.16. The van der Waals surface area contributed by atoms with Gasteiger partial charge in [-0.2, -0.15) is 0 Å². The van der Waals surface area contributed by atoms with Gasteiger partial charge in [-0.1, -0.05) is 0 Å². The molecule has 16 heavy (non-hydrogen) atoms. The van der Waals surface area contributed by atoms with Crippen LogP contribution in [0.5, 0.6) is 11.5 Å². The predicted molar refractivity (Wildman–Crippen MR) is 66.0 cm³/mol. The fourth-order valence-corrected chi connectivity index (χ4v) is 1.94. The first-order chi connectivity index (χ1) is 7.72. The maximum atomic E-state index is 5.43. The summed E-state index contributed by atoms with van der Waals surface area (Å²) in [4.78, 5) is 0. The summed E-state index contributed by atoms with van der Waals surface area (Å²) in [6.07, 6.45) is 0. The minimum Gasteiger partial charge on any atom is -0.493 e. The van der Waals surface area contributed by atoms with Crippen molar-refractivity contribution in [3.8, 4) is 11.5 Å². The molecule has 0 aromatic heterocycles. The molecule has 1 aromatic rings. The Morgan fingerprint density at radius 3 is 2.62 bits per heavy atom. The van der Waals surface area contributed by atoms with Gasteiger partial charge in [0.15, 0.2) is 18.3 Å². The topological polar surface area (TPSA) is 39.7 Å². The molecule has 90 valence electrons.